The number of para-hydroxylation sites is 1. The van der Waals surface area contributed by atoms with Gasteiger partial charge in [0, 0.05) is 40.9 Å². The zero-order valence-electron chi connectivity index (χ0n) is 28.7. The molecule has 53 heavy (non-hydrogen) atoms. The maximum absolute atomic E-state index is 6.89. The number of rotatable bonds is 3. The number of furan rings is 1. The minimum atomic E-state index is -0.455. The molecule has 0 amide bonds. The van der Waals surface area contributed by atoms with Crippen molar-refractivity contribution in [3.8, 4) is 45.3 Å². The Labute approximate surface area is 306 Å². The molecule has 0 atom stereocenters. The molecule has 1 aliphatic heterocycles. The molecular weight excluding hydrogens is 651 g/mol. The lowest BCUT2D eigenvalue weighted by molar-refractivity contribution is 0.359. The summed E-state index contributed by atoms with van der Waals surface area (Å²) in [5.41, 5.74) is 14.7. The van der Waals surface area contributed by atoms with Crippen molar-refractivity contribution in [1.82, 2.24) is 0 Å². The lowest BCUT2D eigenvalue weighted by Gasteiger charge is -2.31. The van der Waals surface area contributed by atoms with Gasteiger partial charge in [-0.3, -0.25) is 0 Å². The van der Waals surface area contributed by atoms with E-state index in [0.29, 0.717) is 17.2 Å². The molecule has 1 aromatic heterocycles. The molecule has 250 valence electrons. The van der Waals surface area contributed by atoms with Crippen LogP contribution in [0.4, 0.5) is 17.1 Å². The van der Waals surface area contributed by atoms with Gasteiger partial charge in [0.05, 0.1) is 11.1 Å². The predicted molar refractivity (Wildman–Crippen MR) is 211 cm³/mol. The van der Waals surface area contributed by atoms with Crippen molar-refractivity contribution in [2.75, 3.05) is 4.90 Å². The molecule has 0 radical (unpaired) electrons. The third kappa shape index (κ3) is 3.90. The van der Waals surface area contributed by atoms with E-state index in [2.05, 4.69) is 157 Å². The van der Waals surface area contributed by atoms with E-state index in [1.165, 1.54) is 50.1 Å². The van der Waals surface area contributed by atoms with E-state index in [1.807, 2.05) is 12.1 Å². The van der Waals surface area contributed by atoms with Crippen molar-refractivity contribution in [2.45, 2.75) is 18.3 Å². The smallest absolute Gasteiger partial charge is 0.172 e. The molecule has 0 unspecified atom stereocenters. The van der Waals surface area contributed by atoms with Gasteiger partial charge in [-0.1, -0.05) is 103 Å². The highest BCUT2D eigenvalue weighted by Gasteiger charge is 2.52. The number of nitrogens with zero attached hydrogens (tertiary/aromatic N) is 1. The Hall–Kier alpha value is -6.78. The summed E-state index contributed by atoms with van der Waals surface area (Å²) in [6, 6.07) is 54.1. The second kappa shape index (κ2) is 10.6. The van der Waals surface area contributed by atoms with Crippen LogP contribution < -0.4 is 14.4 Å². The fraction of sp³-hybridized carbons (Fsp3) is 0.0612. The van der Waals surface area contributed by atoms with Crippen LogP contribution in [-0.4, -0.2) is 0 Å². The first-order valence-electron chi connectivity index (χ1n) is 18.3. The molecule has 12 rings (SSSR count). The van der Waals surface area contributed by atoms with E-state index >= 15 is 0 Å². The molecule has 0 N–H and O–H groups in total. The van der Waals surface area contributed by atoms with Crippen LogP contribution in [-0.2, 0) is 11.8 Å². The average Bonchev–Trinajstić information content (AvgIpc) is 3.83. The van der Waals surface area contributed by atoms with Crippen molar-refractivity contribution in [2.24, 2.45) is 0 Å². The minimum absolute atomic E-state index is 0.455. The molecule has 3 aliphatic carbocycles. The molecular formula is C49H31NO3. The van der Waals surface area contributed by atoms with Crippen LogP contribution in [0.15, 0.2) is 162 Å². The summed E-state index contributed by atoms with van der Waals surface area (Å²) in [4.78, 5) is 2.25. The summed E-state index contributed by atoms with van der Waals surface area (Å²) in [6.45, 7) is 0. The molecule has 4 nitrogen and oxygen atoms in total. The Bertz CT molecular complexity index is 2820. The molecule has 8 aromatic rings. The maximum atomic E-state index is 6.89. The first-order valence-corrected chi connectivity index (χ1v) is 18.3. The van der Waals surface area contributed by atoms with E-state index < -0.39 is 5.41 Å². The van der Waals surface area contributed by atoms with Crippen LogP contribution >= 0.6 is 0 Å². The van der Waals surface area contributed by atoms with Gasteiger partial charge in [0.15, 0.2) is 23.0 Å². The lowest BCUT2D eigenvalue weighted by atomic mass is 9.70. The Morgan fingerprint density at radius 2 is 1.08 bits per heavy atom. The average molecular weight is 682 g/mol. The van der Waals surface area contributed by atoms with Crippen molar-refractivity contribution in [3.63, 3.8) is 0 Å². The number of hydrogen-bond donors (Lipinski definition) is 0. The fourth-order valence-electron chi connectivity index (χ4n) is 9.40. The predicted octanol–water partition coefficient (Wildman–Crippen LogP) is 13.1. The quantitative estimate of drug-likeness (QED) is 0.186. The van der Waals surface area contributed by atoms with Crippen LogP contribution in [0.2, 0.25) is 0 Å². The number of fused-ring (bicyclic) bond motifs is 15. The second-order valence-electron chi connectivity index (χ2n) is 14.3. The molecule has 0 fully saturated rings. The highest BCUT2D eigenvalue weighted by atomic mass is 16.6. The van der Waals surface area contributed by atoms with Crippen LogP contribution in [0.1, 0.15) is 40.0 Å². The largest absolute Gasteiger partial charge is 0.460 e. The van der Waals surface area contributed by atoms with Gasteiger partial charge in [-0.25, -0.2) is 0 Å². The topological polar surface area (TPSA) is 34.8 Å². The van der Waals surface area contributed by atoms with Gasteiger partial charge in [-0.2, -0.15) is 0 Å². The molecule has 0 saturated carbocycles. The van der Waals surface area contributed by atoms with Crippen molar-refractivity contribution in [1.29, 1.82) is 0 Å². The number of benzene rings is 7. The van der Waals surface area contributed by atoms with Gasteiger partial charge in [0.2, 0.25) is 0 Å². The number of anilines is 3. The number of aryl methyl sites for hydroxylation is 1. The standard InChI is InChI=1S/C49H31NO3/c1-2-12-30(13-3-1)50(31-22-24-37-36-17-7-11-21-43(36)51-45(37)26-31)32-23-25-44-46(27-32)53-48-29-42-38(28-47(48)52-44)35-16-6-10-20-41(35)49(42)39-18-8-4-14-33(39)34-15-5-9-19-40(34)49/h1-10,12-20,22-29H,11,21H2. The summed E-state index contributed by atoms with van der Waals surface area (Å²) in [6.07, 6.45) is 6.36. The molecule has 4 heteroatoms. The summed E-state index contributed by atoms with van der Waals surface area (Å²) in [7, 11) is 0. The van der Waals surface area contributed by atoms with Crippen LogP contribution in [0.25, 0.3) is 39.3 Å². The van der Waals surface area contributed by atoms with E-state index in [9.17, 15) is 0 Å². The van der Waals surface area contributed by atoms with Gasteiger partial charge in [-0.15, -0.1) is 0 Å². The maximum Gasteiger partial charge on any atom is 0.172 e. The van der Waals surface area contributed by atoms with Crippen LogP contribution in [0.3, 0.4) is 0 Å². The Balaban J connectivity index is 0.999. The molecule has 2 heterocycles. The molecule has 0 saturated heterocycles. The van der Waals surface area contributed by atoms with E-state index in [-0.39, 0.29) is 0 Å². The van der Waals surface area contributed by atoms with E-state index in [0.717, 1.165) is 52.4 Å². The monoisotopic (exact) mass is 681 g/mol. The minimum Gasteiger partial charge on any atom is -0.460 e. The van der Waals surface area contributed by atoms with Crippen molar-refractivity contribution < 1.29 is 13.9 Å². The van der Waals surface area contributed by atoms with Crippen molar-refractivity contribution >= 4 is 34.1 Å². The first kappa shape index (κ1) is 28.9. The van der Waals surface area contributed by atoms with Crippen LogP contribution in [0.5, 0.6) is 23.0 Å². The molecule has 7 aromatic carbocycles. The Morgan fingerprint density at radius 3 is 1.83 bits per heavy atom. The normalized spacial score (nSPS) is 14.6. The Kier molecular flexibility index (Phi) is 5.79. The number of hydrogen-bond acceptors (Lipinski definition) is 4. The van der Waals surface area contributed by atoms with Gasteiger partial charge in [-0.05, 0) is 99.5 Å². The highest BCUT2D eigenvalue weighted by Crippen LogP contribution is 2.64. The Morgan fingerprint density at radius 1 is 0.472 bits per heavy atom. The first-order chi connectivity index (χ1) is 26.3. The van der Waals surface area contributed by atoms with Crippen molar-refractivity contribution in [3.05, 3.63) is 191 Å². The fourth-order valence-corrected chi connectivity index (χ4v) is 9.40. The molecule has 1 spiro atoms. The lowest BCUT2D eigenvalue weighted by Crippen LogP contribution is -2.25. The van der Waals surface area contributed by atoms with Crippen LogP contribution in [0, 0.1) is 0 Å². The molecule has 4 aliphatic rings. The summed E-state index contributed by atoms with van der Waals surface area (Å²) in [5.74, 6) is 3.85. The third-order valence-corrected chi connectivity index (χ3v) is 11.6. The number of allylic oxidation sites excluding steroid dienone is 1. The van der Waals surface area contributed by atoms with E-state index in [1.54, 1.807) is 0 Å². The summed E-state index contributed by atoms with van der Waals surface area (Å²) < 4.78 is 20.0. The third-order valence-electron chi connectivity index (χ3n) is 11.6. The van der Waals surface area contributed by atoms with Gasteiger partial charge in [0.25, 0.3) is 0 Å². The zero-order chi connectivity index (χ0) is 34.7. The SMILES string of the molecule is C1=Cc2c(oc3cc(N(c4ccccc4)c4ccc5c(c4)Oc4cc6c(cc4O5)-c4ccccc4C64c5ccccc5-c5ccccc54)ccc23)CC1. The van der Waals surface area contributed by atoms with Gasteiger partial charge < -0.3 is 18.8 Å². The molecule has 0 bridgehead atoms. The highest BCUT2D eigenvalue weighted by molar-refractivity contribution is 5.96. The summed E-state index contributed by atoms with van der Waals surface area (Å²) >= 11 is 0. The second-order valence-corrected chi connectivity index (χ2v) is 14.3. The van der Waals surface area contributed by atoms with E-state index in [4.69, 9.17) is 13.9 Å². The van der Waals surface area contributed by atoms with Gasteiger partial charge in [0.1, 0.15) is 11.3 Å². The zero-order valence-corrected chi connectivity index (χ0v) is 28.7. The summed E-state index contributed by atoms with van der Waals surface area (Å²) in [5, 5.41) is 1.14. The van der Waals surface area contributed by atoms with Gasteiger partial charge >= 0.3 is 0 Å². The number of ether oxygens (including phenoxy) is 2.